The van der Waals surface area contributed by atoms with E-state index in [0.717, 1.165) is 0 Å². The lowest BCUT2D eigenvalue weighted by atomic mass is 9.79. The molecule has 0 aliphatic carbocycles. The van der Waals surface area contributed by atoms with Gasteiger partial charge in [-0.15, -0.1) is 0 Å². The van der Waals surface area contributed by atoms with Gasteiger partial charge in [-0.05, 0) is 5.41 Å². The molecule has 3 rings (SSSR count). The van der Waals surface area contributed by atoms with E-state index in [-0.39, 0.29) is 0 Å². The van der Waals surface area contributed by atoms with E-state index in [0.29, 0.717) is 0 Å². The molecule has 0 aromatic heterocycles. The fourth-order valence-electron chi connectivity index (χ4n) is 4.45. The van der Waals surface area contributed by atoms with Gasteiger partial charge in [0.15, 0.2) is 18.7 Å². The van der Waals surface area contributed by atoms with Crippen LogP contribution in [0.1, 0.15) is 20.8 Å². The van der Waals surface area contributed by atoms with Crippen molar-refractivity contribution in [2.45, 2.75) is 107 Å². The molecule has 0 radical (unpaired) electrons. The van der Waals surface area contributed by atoms with Crippen molar-refractivity contribution < 1.29 is 74.4 Å². The Bertz CT molecular complexity index is 743. The summed E-state index contributed by atoms with van der Waals surface area (Å²) in [6, 6.07) is 0. The molecule has 14 atom stereocenters. The highest BCUT2D eigenvalue weighted by molar-refractivity contribution is 5.73. The predicted octanol–water partition coefficient (Wildman–Crippen LogP) is -4.75. The molecule has 0 amide bonds. The normalized spacial score (nSPS) is 48.5. The molecule has 0 aromatic rings. The molecule has 3 saturated heterocycles. The van der Waals surface area contributed by atoms with Gasteiger partial charge in [-0.1, -0.05) is 20.8 Å². The number of aliphatic hydroxyl groups is 8. The molecule has 3 fully saturated rings. The minimum Gasteiger partial charge on any atom is -0.479 e. The third-order valence-corrected chi connectivity index (χ3v) is 6.54. The maximum atomic E-state index is 11.9. The highest BCUT2D eigenvalue weighted by Crippen LogP contribution is 2.39. The number of aliphatic carboxylic acids is 1. The first-order chi connectivity index (χ1) is 16.7. The monoisotopic (exact) mass is 528 g/mol. The molecule has 5 unspecified atom stereocenters. The molecular formula is C21H36O15. The molecule has 15 heteroatoms. The molecular weight excluding hydrogens is 492 g/mol. The van der Waals surface area contributed by atoms with Crippen LogP contribution in [-0.2, 0) is 28.5 Å². The molecule has 0 bridgehead atoms. The average Bonchev–Trinajstić information content (AvgIpc) is 2.80. The largest absolute Gasteiger partial charge is 0.479 e. The van der Waals surface area contributed by atoms with Crippen molar-refractivity contribution in [3.8, 4) is 0 Å². The average molecular weight is 529 g/mol. The summed E-state index contributed by atoms with van der Waals surface area (Å²) in [4.78, 5) is 11.9. The summed E-state index contributed by atoms with van der Waals surface area (Å²) in [6.45, 7) is 3.83. The van der Waals surface area contributed by atoms with Gasteiger partial charge in [0.25, 0.3) is 0 Å². The summed E-state index contributed by atoms with van der Waals surface area (Å²) in [5.74, 6) is -1.53. The van der Waals surface area contributed by atoms with Crippen LogP contribution in [0.15, 0.2) is 0 Å². The molecule has 3 heterocycles. The van der Waals surface area contributed by atoms with Crippen molar-refractivity contribution in [2.24, 2.45) is 5.41 Å². The van der Waals surface area contributed by atoms with Crippen molar-refractivity contribution in [2.75, 3.05) is 13.2 Å². The van der Waals surface area contributed by atoms with Gasteiger partial charge in [0.2, 0.25) is 0 Å². The standard InChI is InChI=1S/C21H36O15/c1-21(2,3)17-16(36-20-12(28)10(26)9(25)7(4-22)33-20)14(13(29)15(34-17)18(30)31)35-19-11(27)8(24)6(23)5-32-19/h6-17,19-20,22-29H,4-5H2,1-3H3,(H,30,31)/t6-,7?,8+,9+,10?,11?,12+,13+,14+,15?,16?,17-,19+,20+/m1/s1. The zero-order chi connectivity index (χ0) is 27.1. The number of ether oxygens (including phenoxy) is 5. The number of carbonyl (C=O) groups is 1. The van der Waals surface area contributed by atoms with Crippen LogP contribution in [0.4, 0.5) is 0 Å². The minimum absolute atomic E-state index is 0.439. The Kier molecular flexibility index (Phi) is 9.31. The second-order valence-corrected chi connectivity index (χ2v) is 10.3. The minimum atomic E-state index is -1.92. The van der Waals surface area contributed by atoms with E-state index < -0.39 is 110 Å². The van der Waals surface area contributed by atoms with Crippen molar-refractivity contribution >= 4 is 5.97 Å². The van der Waals surface area contributed by atoms with E-state index in [9.17, 15) is 50.8 Å². The van der Waals surface area contributed by atoms with Gasteiger partial charge in [0.1, 0.15) is 61.0 Å². The summed E-state index contributed by atoms with van der Waals surface area (Å²) < 4.78 is 27.9. The van der Waals surface area contributed by atoms with Crippen LogP contribution in [0.25, 0.3) is 0 Å². The first kappa shape index (κ1) is 29.5. The van der Waals surface area contributed by atoms with Crippen LogP contribution in [0.5, 0.6) is 0 Å². The van der Waals surface area contributed by atoms with Gasteiger partial charge < -0.3 is 69.6 Å². The maximum Gasteiger partial charge on any atom is 0.335 e. The number of hydrogen-bond acceptors (Lipinski definition) is 14. The van der Waals surface area contributed by atoms with E-state index in [1.165, 1.54) is 0 Å². The highest BCUT2D eigenvalue weighted by Gasteiger charge is 2.56. The lowest BCUT2D eigenvalue weighted by Gasteiger charge is -2.51. The Hall–Kier alpha value is -1.05. The number of carboxylic acids is 1. The van der Waals surface area contributed by atoms with Gasteiger partial charge in [-0.3, -0.25) is 0 Å². The number of hydrogen-bond donors (Lipinski definition) is 9. The van der Waals surface area contributed by atoms with Gasteiger partial charge in [0.05, 0.1) is 19.3 Å². The lowest BCUT2D eigenvalue weighted by molar-refractivity contribution is -0.367. The smallest absolute Gasteiger partial charge is 0.335 e. The van der Waals surface area contributed by atoms with Crippen LogP contribution in [0.3, 0.4) is 0 Å². The fourth-order valence-corrected chi connectivity index (χ4v) is 4.45. The molecule has 0 aromatic carbocycles. The Morgan fingerprint density at radius 2 is 1.39 bits per heavy atom. The maximum absolute atomic E-state index is 11.9. The summed E-state index contributed by atoms with van der Waals surface area (Å²) >= 11 is 0. The SMILES string of the molecule is CC(C)(C)[C@@H]1OC(C(=O)O)[C@@H](O)[C@H](O[C@@H]2OC[C@@H](O)[C@H](O)C2O)C1O[C@@H]1OC(CO)[C@H](O)C(O)[C@@H]1O. The quantitative estimate of drug-likeness (QED) is 0.157. The third-order valence-electron chi connectivity index (χ3n) is 6.54. The fraction of sp³-hybridized carbons (Fsp3) is 0.952. The predicted molar refractivity (Wildman–Crippen MR) is 113 cm³/mol. The van der Waals surface area contributed by atoms with Crippen molar-refractivity contribution in [1.29, 1.82) is 0 Å². The summed E-state index contributed by atoms with van der Waals surface area (Å²) in [5.41, 5.74) is -0.879. The Labute approximate surface area is 206 Å². The van der Waals surface area contributed by atoms with Crippen LogP contribution in [0, 0.1) is 5.41 Å². The Morgan fingerprint density at radius 3 is 1.94 bits per heavy atom. The zero-order valence-electron chi connectivity index (χ0n) is 20.0. The molecule has 3 aliphatic rings. The van der Waals surface area contributed by atoms with Crippen molar-refractivity contribution in [3.05, 3.63) is 0 Å². The van der Waals surface area contributed by atoms with Gasteiger partial charge >= 0.3 is 5.97 Å². The molecule has 36 heavy (non-hydrogen) atoms. The molecule has 0 saturated carbocycles. The van der Waals surface area contributed by atoms with E-state index in [2.05, 4.69) is 0 Å². The second-order valence-electron chi connectivity index (χ2n) is 10.3. The Balaban J connectivity index is 1.96. The first-order valence-corrected chi connectivity index (χ1v) is 11.5. The van der Waals surface area contributed by atoms with E-state index in [4.69, 9.17) is 23.7 Å². The second kappa shape index (κ2) is 11.4. The van der Waals surface area contributed by atoms with E-state index in [1.807, 2.05) is 0 Å². The summed E-state index contributed by atoms with van der Waals surface area (Å²) in [5, 5.41) is 90.7. The summed E-state index contributed by atoms with van der Waals surface area (Å²) in [6.07, 6.45) is -22.7. The van der Waals surface area contributed by atoms with Crippen LogP contribution >= 0.6 is 0 Å². The lowest BCUT2D eigenvalue weighted by Crippen LogP contribution is -2.68. The molecule has 0 spiro atoms. The summed E-state index contributed by atoms with van der Waals surface area (Å²) in [7, 11) is 0. The third kappa shape index (κ3) is 5.83. The van der Waals surface area contributed by atoms with Crippen LogP contribution in [0.2, 0.25) is 0 Å². The number of aliphatic hydroxyl groups excluding tert-OH is 8. The Morgan fingerprint density at radius 1 is 0.806 bits per heavy atom. The van der Waals surface area contributed by atoms with Crippen LogP contribution in [-0.4, -0.2) is 151 Å². The zero-order valence-corrected chi connectivity index (χ0v) is 20.0. The van der Waals surface area contributed by atoms with Gasteiger partial charge in [0, 0.05) is 0 Å². The molecule has 3 aliphatic heterocycles. The van der Waals surface area contributed by atoms with Gasteiger partial charge in [-0.2, -0.15) is 0 Å². The van der Waals surface area contributed by atoms with Crippen molar-refractivity contribution in [1.82, 2.24) is 0 Å². The number of carboxylic acid groups (broad SMARTS) is 1. The van der Waals surface area contributed by atoms with Crippen molar-refractivity contribution in [3.63, 3.8) is 0 Å². The van der Waals surface area contributed by atoms with Crippen LogP contribution < -0.4 is 0 Å². The van der Waals surface area contributed by atoms with E-state index >= 15 is 0 Å². The topological polar surface area (TPSA) is 245 Å². The molecule has 210 valence electrons. The molecule has 15 nitrogen and oxygen atoms in total. The first-order valence-electron chi connectivity index (χ1n) is 11.5. The highest BCUT2D eigenvalue weighted by atomic mass is 16.7. The molecule has 9 N–H and O–H groups in total. The van der Waals surface area contributed by atoms with Gasteiger partial charge in [-0.25, -0.2) is 4.79 Å². The van der Waals surface area contributed by atoms with E-state index in [1.54, 1.807) is 20.8 Å². The number of rotatable bonds is 6.